The van der Waals surface area contributed by atoms with E-state index in [2.05, 4.69) is 5.10 Å². The summed E-state index contributed by atoms with van der Waals surface area (Å²) in [6.07, 6.45) is 0. The summed E-state index contributed by atoms with van der Waals surface area (Å²) in [6.45, 7) is 4.18. The SMILES string of the molecule is Cc1ccc(S(=O)(=O)CCn2nc(C)cc2-c2ccccc2)cc1. The fourth-order valence-corrected chi connectivity index (χ4v) is 3.83. The number of hydrogen-bond donors (Lipinski definition) is 0. The Bertz CT molecular complexity index is 927. The first kappa shape index (κ1) is 16.5. The van der Waals surface area contributed by atoms with E-state index in [1.807, 2.05) is 62.4 Å². The van der Waals surface area contributed by atoms with Gasteiger partial charge in [-0.05, 0) is 37.6 Å². The highest BCUT2D eigenvalue weighted by Crippen LogP contribution is 2.21. The molecule has 0 amide bonds. The maximum Gasteiger partial charge on any atom is 0.180 e. The topological polar surface area (TPSA) is 52.0 Å². The number of rotatable bonds is 5. The van der Waals surface area contributed by atoms with Gasteiger partial charge in [-0.25, -0.2) is 8.42 Å². The normalized spacial score (nSPS) is 11.6. The van der Waals surface area contributed by atoms with Crippen molar-refractivity contribution in [3.05, 3.63) is 71.9 Å². The van der Waals surface area contributed by atoms with Crippen molar-refractivity contribution in [3.63, 3.8) is 0 Å². The quantitative estimate of drug-likeness (QED) is 0.712. The lowest BCUT2D eigenvalue weighted by atomic mass is 10.1. The molecule has 24 heavy (non-hydrogen) atoms. The lowest BCUT2D eigenvalue weighted by Gasteiger charge is -2.09. The molecule has 0 saturated carbocycles. The van der Waals surface area contributed by atoms with Gasteiger partial charge in [0, 0.05) is 0 Å². The highest BCUT2D eigenvalue weighted by molar-refractivity contribution is 7.91. The third kappa shape index (κ3) is 3.57. The molecule has 0 unspecified atom stereocenters. The second kappa shape index (κ2) is 6.61. The smallest absolute Gasteiger partial charge is 0.180 e. The molecule has 1 aromatic heterocycles. The Hall–Kier alpha value is -2.40. The van der Waals surface area contributed by atoms with Crippen LogP contribution in [0.4, 0.5) is 0 Å². The minimum absolute atomic E-state index is 0.0248. The van der Waals surface area contributed by atoms with Crippen LogP contribution in [0.25, 0.3) is 11.3 Å². The first-order valence-electron chi connectivity index (χ1n) is 7.85. The van der Waals surface area contributed by atoms with Crippen molar-refractivity contribution < 1.29 is 8.42 Å². The molecule has 5 heteroatoms. The largest absolute Gasteiger partial charge is 0.264 e. The molecule has 0 radical (unpaired) electrons. The first-order chi connectivity index (χ1) is 11.5. The summed E-state index contributed by atoms with van der Waals surface area (Å²) in [5.74, 6) is 0.0248. The summed E-state index contributed by atoms with van der Waals surface area (Å²) in [5, 5.41) is 4.45. The molecule has 2 aromatic carbocycles. The van der Waals surface area contributed by atoms with Crippen LogP contribution in [-0.2, 0) is 16.4 Å². The van der Waals surface area contributed by atoms with E-state index in [1.165, 1.54) is 0 Å². The molecular formula is C19H20N2O2S. The van der Waals surface area contributed by atoms with Crippen LogP contribution in [-0.4, -0.2) is 24.0 Å². The zero-order valence-electron chi connectivity index (χ0n) is 13.8. The standard InChI is InChI=1S/C19H20N2O2S/c1-15-8-10-18(11-9-15)24(22,23)13-12-21-19(14-16(2)20-21)17-6-4-3-5-7-17/h3-11,14H,12-13H2,1-2H3. The van der Waals surface area contributed by atoms with Gasteiger partial charge in [0.2, 0.25) is 0 Å². The van der Waals surface area contributed by atoms with Crippen molar-refractivity contribution in [2.45, 2.75) is 25.3 Å². The maximum absolute atomic E-state index is 12.5. The summed E-state index contributed by atoms with van der Waals surface area (Å²) in [7, 11) is -3.33. The van der Waals surface area contributed by atoms with Crippen LogP contribution in [0.3, 0.4) is 0 Å². The molecule has 0 spiro atoms. The van der Waals surface area contributed by atoms with E-state index in [4.69, 9.17) is 0 Å². The summed E-state index contributed by atoms with van der Waals surface area (Å²) >= 11 is 0. The molecule has 0 aliphatic rings. The van der Waals surface area contributed by atoms with E-state index < -0.39 is 9.84 Å². The minimum atomic E-state index is -3.33. The molecule has 1 heterocycles. The fraction of sp³-hybridized carbons (Fsp3) is 0.211. The summed E-state index contributed by atoms with van der Waals surface area (Å²) < 4.78 is 26.8. The molecule has 0 fully saturated rings. The lowest BCUT2D eigenvalue weighted by Crippen LogP contribution is -2.15. The van der Waals surface area contributed by atoms with E-state index in [9.17, 15) is 8.42 Å². The van der Waals surface area contributed by atoms with Crippen molar-refractivity contribution >= 4 is 9.84 Å². The van der Waals surface area contributed by atoms with Crippen LogP contribution < -0.4 is 0 Å². The second-order valence-corrected chi connectivity index (χ2v) is 8.00. The van der Waals surface area contributed by atoms with Gasteiger partial charge in [-0.3, -0.25) is 4.68 Å². The molecule has 0 atom stereocenters. The van der Waals surface area contributed by atoms with Crippen LogP contribution in [0.1, 0.15) is 11.3 Å². The number of hydrogen-bond acceptors (Lipinski definition) is 3. The molecule has 0 aliphatic heterocycles. The fourth-order valence-electron chi connectivity index (χ4n) is 2.63. The van der Waals surface area contributed by atoms with Gasteiger partial charge < -0.3 is 0 Å². The van der Waals surface area contributed by atoms with Gasteiger partial charge >= 0.3 is 0 Å². The monoisotopic (exact) mass is 340 g/mol. The number of nitrogens with zero attached hydrogens (tertiary/aromatic N) is 2. The van der Waals surface area contributed by atoms with Crippen molar-refractivity contribution in [1.29, 1.82) is 0 Å². The Balaban J connectivity index is 1.84. The Morgan fingerprint density at radius 3 is 2.29 bits per heavy atom. The van der Waals surface area contributed by atoms with E-state index in [0.29, 0.717) is 11.4 Å². The number of aryl methyl sites for hydroxylation is 3. The van der Waals surface area contributed by atoms with Gasteiger partial charge in [0.05, 0.1) is 28.6 Å². The van der Waals surface area contributed by atoms with Crippen LogP contribution in [0.2, 0.25) is 0 Å². The minimum Gasteiger partial charge on any atom is -0.264 e. The molecule has 0 aliphatic carbocycles. The average Bonchev–Trinajstić information content (AvgIpc) is 2.95. The summed E-state index contributed by atoms with van der Waals surface area (Å²) in [4.78, 5) is 0.359. The van der Waals surface area contributed by atoms with Gasteiger partial charge in [-0.1, -0.05) is 48.0 Å². The second-order valence-electron chi connectivity index (χ2n) is 5.89. The molecule has 0 N–H and O–H groups in total. The molecule has 3 aromatic rings. The summed E-state index contributed by atoms with van der Waals surface area (Å²) in [5.41, 5.74) is 3.89. The third-order valence-electron chi connectivity index (χ3n) is 3.92. The van der Waals surface area contributed by atoms with Gasteiger partial charge in [-0.15, -0.1) is 0 Å². The molecular weight excluding hydrogens is 320 g/mol. The van der Waals surface area contributed by atoms with Crippen molar-refractivity contribution in [2.75, 3.05) is 5.75 Å². The van der Waals surface area contributed by atoms with Gasteiger partial charge in [0.15, 0.2) is 9.84 Å². The molecule has 4 nitrogen and oxygen atoms in total. The van der Waals surface area contributed by atoms with Crippen LogP contribution in [0, 0.1) is 13.8 Å². The third-order valence-corrected chi connectivity index (χ3v) is 5.63. The van der Waals surface area contributed by atoms with Gasteiger partial charge in [-0.2, -0.15) is 5.10 Å². The van der Waals surface area contributed by atoms with Crippen LogP contribution in [0.5, 0.6) is 0 Å². The Kier molecular flexibility index (Phi) is 4.53. The molecule has 0 bridgehead atoms. The first-order valence-corrected chi connectivity index (χ1v) is 9.50. The van der Waals surface area contributed by atoms with Crippen molar-refractivity contribution in [3.8, 4) is 11.3 Å². The Labute approximate surface area is 142 Å². The van der Waals surface area contributed by atoms with E-state index in [-0.39, 0.29) is 5.75 Å². The number of benzene rings is 2. The van der Waals surface area contributed by atoms with Gasteiger partial charge in [0.25, 0.3) is 0 Å². The van der Waals surface area contributed by atoms with Crippen LogP contribution >= 0.6 is 0 Å². The number of aromatic nitrogens is 2. The zero-order valence-corrected chi connectivity index (χ0v) is 14.6. The maximum atomic E-state index is 12.5. The Morgan fingerprint density at radius 2 is 1.62 bits per heavy atom. The zero-order chi connectivity index (χ0) is 17.2. The lowest BCUT2D eigenvalue weighted by molar-refractivity contribution is 0.581. The molecule has 124 valence electrons. The van der Waals surface area contributed by atoms with E-state index >= 15 is 0 Å². The summed E-state index contributed by atoms with van der Waals surface area (Å²) in [6, 6.07) is 18.8. The van der Waals surface area contributed by atoms with Crippen molar-refractivity contribution in [2.24, 2.45) is 0 Å². The predicted molar refractivity (Wildman–Crippen MR) is 95.6 cm³/mol. The Morgan fingerprint density at radius 1 is 0.958 bits per heavy atom. The average molecular weight is 340 g/mol. The molecule has 0 saturated heterocycles. The van der Waals surface area contributed by atoms with Gasteiger partial charge in [0.1, 0.15) is 0 Å². The van der Waals surface area contributed by atoms with E-state index in [1.54, 1.807) is 16.8 Å². The predicted octanol–water partition coefficient (Wildman–Crippen LogP) is 3.64. The highest BCUT2D eigenvalue weighted by Gasteiger charge is 2.16. The van der Waals surface area contributed by atoms with Crippen molar-refractivity contribution in [1.82, 2.24) is 9.78 Å². The van der Waals surface area contributed by atoms with Crippen LogP contribution in [0.15, 0.2) is 65.6 Å². The molecule has 3 rings (SSSR count). The number of sulfone groups is 1. The van der Waals surface area contributed by atoms with E-state index in [0.717, 1.165) is 22.5 Å². The highest BCUT2D eigenvalue weighted by atomic mass is 32.2.